The monoisotopic (exact) mass is 435 g/mol. The predicted molar refractivity (Wildman–Crippen MR) is 106 cm³/mol. The molecule has 0 fully saturated rings. The summed E-state index contributed by atoms with van der Waals surface area (Å²) in [5, 5.41) is 2.91. The second-order valence-corrected chi connectivity index (χ2v) is 8.81. The van der Waals surface area contributed by atoms with Crippen molar-refractivity contribution in [3.8, 4) is 17.0 Å². The molecule has 0 bridgehead atoms. The first-order valence-corrected chi connectivity index (χ1v) is 10.6. The van der Waals surface area contributed by atoms with Crippen LogP contribution >= 0.6 is 11.6 Å². The van der Waals surface area contributed by atoms with E-state index >= 15 is 0 Å². The molecule has 1 aliphatic rings. The first-order valence-electron chi connectivity index (χ1n) is 8.54. The summed E-state index contributed by atoms with van der Waals surface area (Å²) in [6.07, 6.45) is 0. The van der Waals surface area contributed by atoms with Crippen molar-refractivity contribution in [2.45, 2.75) is 11.7 Å². The molecule has 1 N–H and O–H groups in total. The highest BCUT2D eigenvalue weighted by atomic mass is 35.5. The van der Waals surface area contributed by atoms with Gasteiger partial charge in [0.15, 0.2) is 0 Å². The second kappa shape index (κ2) is 7.16. The lowest BCUT2D eigenvalue weighted by molar-refractivity contribution is 0.101. The zero-order valence-corrected chi connectivity index (χ0v) is 16.7. The van der Waals surface area contributed by atoms with Crippen LogP contribution in [-0.2, 0) is 16.4 Å². The minimum atomic E-state index is -3.60. The molecule has 4 rings (SSSR count). The molecule has 1 aromatic heterocycles. The molecule has 0 saturated carbocycles. The lowest BCUT2D eigenvalue weighted by Crippen LogP contribution is -2.18. The molecule has 2 aromatic carbocycles. The number of anilines is 1. The summed E-state index contributed by atoms with van der Waals surface area (Å²) in [5.74, 6) is -0.789. The highest BCUT2D eigenvalue weighted by Gasteiger charge is 2.35. The van der Waals surface area contributed by atoms with E-state index in [1.165, 1.54) is 42.0 Å². The predicted octanol–water partition coefficient (Wildman–Crippen LogP) is 3.39. The Morgan fingerprint density at radius 3 is 2.66 bits per heavy atom. The number of methoxy groups -OCH3 is 1. The van der Waals surface area contributed by atoms with Crippen LogP contribution in [0, 0.1) is 5.82 Å². The zero-order valence-electron chi connectivity index (χ0n) is 15.1. The van der Waals surface area contributed by atoms with Crippen LogP contribution in [0.3, 0.4) is 0 Å². The van der Waals surface area contributed by atoms with Gasteiger partial charge in [0.25, 0.3) is 5.91 Å². The van der Waals surface area contributed by atoms with Crippen LogP contribution in [0.5, 0.6) is 5.75 Å². The summed E-state index contributed by atoms with van der Waals surface area (Å²) >= 11 is 6.02. The van der Waals surface area contributed by atoms with Crippen molar-refractivity contribution in [3.05, 3.63) is 59.0 Å². The third-order valence-corrected chi connectivity index (χ3v) is 6.36. The second-order valence-electron chi connectivity index (χ2n) is 6.37. The molecule has 0 aliphatic carbocycles. The standard InChI is InChI=1S/C19H15ClFN3O4S/c1-28-15-7-4-12(20)10-14(15)22-18(25)17-16(11-2-5-13(21)6-3-11)23-19-24(17)8-9-29(19,26)27/h2-7,10H,8-9H2,1H3,(H,22,25). The molecule has 7 nitrogen and oxygen atoms in total. The Labute approximate surface area is 171 Å². The van der Waals surface area contributed by atoms with Crippen LogP contribution in [-0.4, -0.2) is 36.7 Å². The van der Waals surface area contributed by atoms with E-state index in [1.54, 1.807) is 12.1 Å². The van der Waals surface area contributed by atoms with Gasteiger partial charge in [-0.25, -0.2) is 17.8 Å². The molecule has 0 radical (unpaired) electrons. The van der Waals surface area contributed by atoms with E-state index < -0.39 is 21.6 Å². The number of hydrogen-bond donors (Lipinski definition) is 1. The molecule has 1 amide bonds. The fourth-order valence-corrected chi connectivity index (χ4v) is 4.70. The van der Waals surface area contributed by atoms with Crippen LogP contribution in [0.15, 0.2) is 47.6 Å². The molecule has 0 saturated heterocycles. The average Bonchev–Trinajstić information content (AvgIpc) is 3.20. The maximum absolute atomic E-state index is 13.3. The highest BCUT2D eigenvalue weighted by molar-refractivity contribution is 7.91. The zero-order chi connectivity index (χ0) is 20.8. The van der Waals surface area contributed by atoms with E-state index in [9.17, 15) is 17.6 Å². The van der Waals surface area contributed by atoms with Gasteiger partial charge in [0.05, 0.1) is 18.6 Å². The summed E-state index contributed by atoms with van der Waals surface area (Å²) in [7, 11) is -2.15. The van der Waals surface area contributed by atoms with E-state index in [2.05, 4.69) is 10.3 Å². The number of fused-ring (bicyclic) bond motifs is 1. The SMILES string of the molecule is COc1ccc(Cl)cc1NC(=O)c1c(-c2ccc(F)cc2)nc2n1CCS2(=O)=O. The first kappa shape index (κ1) is 19.4. The number of halogens is 2. The molecular weight excluding hydrogens is 421 g/mol. The molecule has 10 heteroatoms. The van der Waals surface area contributed by atoms with Gasteiger partial charge in [-0.05, 0) is 42.5 Å². The van der Waals surface area contributed by atoms with Gasteiger partial charge in [-0.3, -0.25) is 4.79 Å². The number of nitrogens with one attached hydrogen (secondary N) is 1. The number of ether oxygens (including phenoxy) is 1. The van der Waals surface area contributed by atoms with Gasteiger partial charge >= 0.3 is 0 Å². The molecule has 2 heterocycles. The molecule has 150 valence electrons. The summed E-state index contributed by atoms with van der Waals surface area (Å²) in [6.45, 7) is 0.0985. The van der Waals surface area contributed by atoms with Crippen LogP contribution in [0.2, 0.25) is 5.02 Å². The maximum Gasteiger partial charge on any atom is 0.274 e. The summed E-state index contributed by atoms with van der Waals surface area (Å²) in [5.41, 5.74) is 0.967. The summed E-state index contributed by atoms with van der Waals surface area (Å²) in [6, 6.07) is 10.1. The Kier molecular flexibility index (Phi) is 4.79. The molecule has 3 aromatic rings. The summed E-state index contributed by atoms with van der Waals surface area (Å²) < 4.78 is 44.6. The number of imidazole rings is 1. The van der Waals surface area contributed by atoms with Crippen LogP contribution < -0.4 is 10.1 Å². The van der Waals surface area contributed by atoms with Gasteiger partial charge in [0, 0.05) is 17.1 Å². The number of carbonyl (C=O) groups excluding carboxylic acids is 1. The largest absolute Gasteiger partial charge is 0.495 e. The fourth-order valence-electron chi connectivity index (χ4n) is 3.18. The molecule has 1 aliphatic heterocycles. The topological polar surface area (TPSA) is 90.3 Å². The number of hydrogen-bond acceptors (Lipinski definition) is 5. The highest BCUT2D eigenvalue weighted by Crippen LogP contribution is 2.33. The Bertz CT molecular complexity index is 1220. The molecule has 0 unspecified atom stereocenters. The molecule has 0 atom stereocenters. The lowest BCUT2D eigenvalue weighted by Gasteiger charge is -2.12. The van der Waals surface area contributed by atoms with E-state index in [0.717, 1.165) is 0 Å². The van der Waals surface area contributed by atoms with Gasteiger partial charge in [-0.15, -0.1) is 0 Å². The van der Waals surface area contributed by atoms with Crippen molar-refractivity contribution in [3.63, 3.8) is 0 Å². The van der Waals surface area contributed by atoms with Crippen LogP contribution in [0.25, 0.3) is 11.3 Å². The Morgan fingerprint density at radius 1 is 1.24 bits per heavy atom. The summed E-state index contributed by atoms with van der Waals surface area (Å²) in [4.78, 5) is 17.3. The van der Waals surface area contributed by atoms with E-state index in [4.69, 9.17) is 16.3 Å². The minimum Gasteiger partial charge on any atom is -0.495 e. The van der Waals surface area contributed by atoms with E-state index in [-0.39, 0.29) is 28.8 Å². The number of rotatable bonds is 4. The van der Waals surface area contributed by atoms with Crippen molar-refractivity contribution in [2.24, 2.45) is 0 Å². The number of benzene rings is 2. The molecule has 29 heavy (non-hydrogen) atoms. The Hall–Kier alpha value is -2.91. The van der Waals surface area contributed by atoms with Gasteiger partial charge in [-0.1, -0.05) is 11.6 Å². The van der Waals surface area contributed by atoms with Crippen LogP contribution in [0.4, 0.5) is 10.1 Å². The van der Waals surface area contributed by atoms with Crippen molar-refractivity contribution in [2.75, 3.05) is 18.2 Å². The number of aromatic nitrogens is 2. The first-order chi connectivity index (χ1) is 13.8. The van der Waals surface area contributed by atoms with Gasteiger partial charge in [0.1, 0.15) is 23.0 Å². The number of amides is 1. The van der Waals surface area contributed by atoms with Crippen molar-refractivity contribution in [1.82, 2.24) is 9.55 Å². The van der Waals surface area contributed by atoms with Gasteiger partial charge < -0.3 is 14.6 Å². The van der Waals surface area contributed by atoms with Gasteiger partial charge in [0.2, 0.25) is 15.0 Å². The van der Waals surface area contributed by atoms with E-state index in [1.807, 2.05) is 0 Å². The Morgan fingerprint density at radius 2 is 1.97 bits per heavy atom. The van der Waals surface area contributed by atoms with Crippen molar-refractivity contribution < 1.29 is 22.3 Å². The number of carbonyl (C=O) groups is 1. The van der Waals surface area contributed by atoms with E-state index in [0.29, 0.717) is 22.0 Å². The quantitative estimate of drug-likeness (QED) is 0.678. The Balaban J connectivity index is 1.83. The third kappa shape index (κ3) is 3.47. The van der Waals surface area contributed by atoms with Crippen molar-refractivity contribution >= 4 is 33.0 Å². The lowest BCUT2D eigenvalue weighted by atomic mass is 10.1. The smallest absolute Gasteiger partial charge is 0.274 e. The average molecular weight is 436 g/mol. The number of nitrogens with zero attached hydrogens (tertiary/aromatic N) is 2. The third-order valence-electron chi connectivity index (χ3n) is 4.54. The fraction of sp³-hybridized carbons (Fsp3) is 0.158. The number of sulfone groups is 1. The maximum atomic E-state index is 13.3. The molecular formula is C19H15ClFN3O4S. The van der Waals surface area contributed by atoms with Crippen LogP contribution in [0.1, 0.15) is 10.5 Å². The normalized spacial score (nSPS) is 14.4. The van der Waals surface area contributed by atoms with Crippen molar-refractivity contribution in [1.29, 1.82) is 0 Å². The molecule has 0 spiro atoms. The minimum absolute atomic E-state index is 0.0645. The van der Waals surface area contributed by atoms with Gasteiger partial charge in [-0.2, -0.15) is 0 Å².